The van der Waals surface area contributed by atoms with Crippen LogP contribution in [0, 0.1) is 11.8 Å². The van der Waals surface area contributed by atoms with Crippen LogP contribution in [0.5, 0.6) is 0 Å². The molecule has 0 heteroatoms. The van der Waals surface area contributed by atoms with Gasteiger partial charge in [-0.25, -0.2) is 0 Å². The Labute approximate surface area is 50.6 Å². The van der Waals surface area contributed by atoms with Gasteiger partial charge in [-0.3, -0.25) is 0 Å². The average Bonchev–Trinajstić information content (AvgIpc) is 1.72. The van der Waals surface area contributed by atoms with Gasteiger partial charge in [-0.2, -0.15) is 0 Å². The van der Waals surface area contributed by atoms with E-state index in [0.29, 0.717) is 0 Å². The first-order valence-corrected chi connectivity index (χ1v) is 3.62. The zero-order chi connectivity index (χ0) is 5.40. The van der Waals surface area contributed by atoms with Crippen LogP contribution >= 0.6 is 0 Å². The topological polar surface area (TPSA) is 0 Å². The van der Waals surface area contributed by atoms with Crippen molar-refractivity contribution in [2.75, 3.05) is 0 Å². The van der Waals surface area contributed by atoms with E-state index in [1.165, 1.54) is 25.7 Å². The molecule has 0 radical (unpaired) electrons. The third-order valence-electron chi connectivity index (χ3n) is 2.62. The SMILES string of the molecule is C1=CCC2CCC2C1. The van der Waals surface area contributed by atoms with Crippen LogP contribution < -0.4 is 0 Å². The van der Waals surface area contributed by atoms with Crippen molar-refractivity contribution in [3.8, 4) is 0 Å². The Bertz CT molecular complexity index is 99.2. The van der Waals surface area contributed by atoms with Crippen LogP contribution in [0.4, 0.5) is 0 Å². The van der Waals surface area contributed by atoms with Gasteiger partial charge in [-0.1, -0.05) is 12.2 Å². The molecule has 0 heterocycles. The summed E-state index contributed by atoms with van der Waals surface area (Å²) in [4.78, 5) is 0. The third-order valence-corrected chi connectivity index (χ3v) is 2.62. The second-order valence-electron chi connectivity index (χ2n) is 3.04. The van der Waals surface area contributed by atoms with Crippen LogP contribution in [0.2, 0.25) is 0 Å². The molecule has 0 nitrogen and oxygen atoms in total. The molecule has 0 aromatic carbocycles. The van der Waals surface area contributed by atoms with E-state index in [1.807, 2.05) is 0 Å². The molecule has 0 N–H and O–H groups in total. The largest absolute Gasteiger partial charge is 0.0882 e. The average molecular weight is 108 g/mol. The zero-order valence-corrected chi connectivity index (χ0v) is 5.14. The van der Waals surface area contributed by atoms with Crippen LogP contribution in [0.3, 0.4) is 0 Å². The van der Waals surface area contributed by atoms with E-state index in [9.17, 15) is 0 Å². The summed E-state index contributed by atoms with van der Waals surface area (Å²) in [6.45, 7) is 0. The first kappa shape index (κ1) is 4.60. The van der Waals surface area contributed by atoms with E-state index in [0.717, 1.165) is 11.8 Å². The Morgan fingerprint density at radius 2 is 1.38 bits per heavy atom. The predicted octanol–water partition coefficient (Wildman–Crippen LogP) is 2.36. The van der Waals surface area contributed by atoms with Gasteiger partial charge in [0.05, 0.1) is 0 Å². The summed E-state index contributed by atoms with van der Waals surface area (Å²) in [6.07, 6.45) is 10.5. The highest BCUT2D eigenvalue weighted by molar-refractivity contribution is 4.98. The van der Waals surface area contributed by atoms with Gasteiger partial charge in [0.25, 0.3) is 0 Å². The van der Waals surface area contributed by atoms with Gasteiger partial charge in [0, 0.05) is 0 Å². The van der Waals surface area contributed by atoms with Crippen LogP contribution in [-0.4, -0.2) is 0 Å². The highest BCUT2D eigenvalue weighted by Gasteiger charge is 2.29. The predicted molar refractivity (Wildman–Crippen MR) is 34.6 cm³/mol. The lowest BCUT2D eigenvalue weighted by molar-refractivity contribution is 0.172. The Morgan fingerprint density at radius 3 is 1.62 bits per heavy atom. The van der Waals surface area contributed by atoms with Gasteiger partial charge < -0.3 is 0 Å². The standard InChI is InChI=1S/C8H12/c1-2-4-8-6-5-7(8)3-1/h1-2,7-8H,3-6H2. The minimum Gasteiger partial charge on any atom is -0.0882 e. The monoisotopic (exact) mass is 108 g/mol. The Balaban J connectivity index is 2.05. The van der Waals surface area contributed by atoms with E-state index in [1.54, 1.807) is 0 Å². The summed E-state index contributed by atoms with van der Waals surface area (Å²) in [5.74, 6) is 2.19. The van der Waals surface area contributed by atoms with Gasteiger partial charge in [0.15, 0.2) is 0 Å². The summed E-state index contributed by atoms with van der Waals surface area (Å²) < 4.78 is 0. The molecule has 0 saturated heterocycles. The summed E-state index contributed by atoms with van der Waals surface area (Å²) in [7, 11) is 0. The van der Waals surface area contributed by atoms with E-state index in [4.69, 9.17) is 0 Å². The summed E-state index contributed by atoms with van der Waals surface area (Å²) in [5.41, 5.74) is 0. The number of fused-ring (bicyclic) bond motifs is 1. The molecule has 1 saturated carbocycles. The normalized spacial score (nSPS) is 43.0. The molecular weight excluding hydrogens is 96.1 g/mol. The molecule has 2 rings (SSSR count). The Hall–Kier alpha value is -0.260. The lowest BCUT2D eigenvalue weighted by Crippen LogP contribution is -2.26. The fourth-order valence-electron chi connectivity index (χ4n) is 1.80. The second kappa shape index (κ2) is 1.61. The molecule has 0 aromatic heterocycles. The molecule has 0 spiro atoms. The fourth-order valence-corrected chi connectivity index (χ4v) is 1.80. The Morgan fingerprint density at radius 1 is 0.875 bits per heavy atom. The molecular formula is C8H12. The molecule has 2 aliphatic carbocycles. The maximum atomic E-state index is 2.35. The van der Waals surface area contributed by atoms with Crippen LogP contribution in [0.1, 0.15) is 25.7 Å². The number of rotatable bonds is 0. The Kier molecular flexibility index (Phi) is 0.927. The summed E-state index contributed by atoms with van der Waals surface area (Å²) in [5, 5.41) is 0. The third kappa shape index (κ3) is 0.521. The van der Waals surface area contributed by atoms with Gasteiger partial charge in [-0.05, 0) is 37.5 Å². The van der Waals surface area contributed by atoms with E-state index in [2.05, 4.69) is 12.2 Å². The molecule has 0 bridgehead atoms. The van der Waals surface area contributed by atoms with Crippen molar-refractivity contribution in [1.29, 1.82) is 0 Å². The highest BCUT2D eigenvalue weighted by atomic mass is 14.3. The fraction of sp³-hybridized carbons (Fsp3) is 0.750. The van der Waals surface area contributed by atoms with E-state index in [-0.39, 0.29) is 0 Å². The number of hydrogen-bond acceptors (Lipinski definition) is 0. The first-order valence-electron chi connectivity index (χ1n) is 3.62. The van der Waals surface area contributed by atoms with Crippen LogP contribution in [-0.2, 0) is 0 Å². The van der Waals surface area contributed by atoms with Gasteiger partial charge >= 0.3 is 0 Å². The summed E-state index contributed by atoms with van der Waals surface area (Å²) in [6, 6.07) is 0. The molecule has 2 atom stereocenters. The molecule has 0 amide bonds. The molecule has 8 heavy (non-hydrogen) atoms. The van der Waals surface area contributed by atoms with Crippen molar-refractivity contribution in [2.45, 2.75) is 25.7 Å². The van der Waals surface area contributed by atoms with Crippen LogP contribution in [0.15, 0.2) is 12.2 Å². The quantitative estimate of drug-likeness (QED) is 0.418. The number of allylic oxidation sites excluding steroid dienone is 2. The molecule has 44 valence electrons. The lowest BCUT2D eigenvalue weighted by Gasteiger charge is -2.37. The van der Waals surface area contributed by atoms with Crippen molar-refractivity contribution in [1.82, 2.24) is 0 Å². The van der Waals surface area contributed by atoms with Gasteiger partial charge in [-0.15, -0.1) is 0 Å². The second-order valence-corrected chi connectivity index (χ2v) is 3.04. The van der Waals surface area contributed by atoms with E-state index < -0.39 is 0 Å². The molecule has 1 fully saturated rings. The van der Waals surface area contributed by atoms with E-state index >= 15 is 0 Å². The minimum absolute atomic E-state index is 1.10. The first-order chi connectivity index (χ1) is 3.97. The molecule has 2 aliphatic rings. The smallest absolute Gasteiger partial charge is 0.0319 e. The minimum atomic E-state index is 1.10. The number of hydrogen-bond donors (Lipinski definition) is 0. The lowest BCUT2D eigenvalue weighted by atomic mass is 9.68. The van der Waals surface area contributed by atoms with Gasteiger partial charge in [0.2, 0.25) is 0 Å². The van der Waals surface area contributed by atoms with Crippen molar-refractivity contribution >= 4 is 0 Å². The molecule has 2 unspecified atom stereocenters. The maximum Gasteiger partial charge on any atom is -0.0319 e. The van der Waals surface area contributed by atoms with Gasteiger partial charge in [0.1, 0.15) is 0 Å². The van der Waals surface area contributed by atoms with Crippen molar-refractivity contribution in [2.24, 2.45) is 11.8 Å². The highest BCUT2D eigenvalue weighted by Crippen LogP contribution is 2.41. The van der Waals surface area contributed by atoms with Crippen molar-refractivity contribution in [3.63, 3.8) is 0 Å². The van der Waals surface area contributed by atoms with Crippen molar-refractivity contribution < 1.29 is 0 Å². The zero-order valence-electron chi connectivity index (χ0n) is 5.14. The van der Waals surface area contributed by atoms with Crippen LogP contribution in [0.25, 0.3) is 0 Å². The molecule has 0 aliphatic heterocycles. The summed E-state index contributed by atoms with van der Waals surface area (Å²) >= 11 is 0. The van der Waals surface area contributed by atoms with Crippen molar-refractivity contribution in [3.05, 3.63) is 12.2 Å². The maximum absolute atomic E-state index is 2.35. The molecule has 0 aromatic rings.